The molecule has 2 atom stereocenters. The highest BCUT2D eigenvalue weighted by Gasteiger charge is 2.17. The lowest BCUT2D eigenvalue weighted by molar-refractivity contribution is 0.480. The van der Waals surface area contributed by atoms with E-state index in [4.69, 9.17) is 0 Å². The van der Waals surface area contributed by atoms with Gasteiger partial charge in [-0.2, -0.15) is 0 Å². The first-order chi connectivity index (χ1) is 8.84. The van der Waals surface area contributed by atoms with Gasteiger partial charge in [-0.15, -0.1) is 12.4 Å². The Labute approximate surface area is 121 Å². The van der Waals surface area contributed by atoms with Crippen molar-refractivity contribution in [3.05, 3.63) is 48.0 Å². The molecule has 0 saturated carbocycles. The molecule has 1 unspecified atom stereocenters. The van der Waals surface area contributed by atoms with Crippen molar-refractivity contribution >= 4 is 23.2 Å². The Hall–Kier alpha value is -1.09. The predicted molar refractivity (Wildman–Crippen MR) is 84.0 cm³/mol. The van der Waals surface area contributed by atoms with Gasteiger partial charge in [0.25, 0.3) is 0 Å². The number of benzene rings is 2. The van der Waals surface area contributed by atoms with E-state index in [2.05, 4.69) is 60.0 Å². The van der Waals surface area contributed by atoms with Crippen molar-refractivity contribution in [2.24, 2.45) is 0 Å². The maximum absolute atomic E-state index is 3.72. The summed E-state index contributed by atoms with van der Waals surface area (Å²) in [6, 6.07) is 16.2. The van der Waals surface area contributed by atoms with Gasteiger partial charge < -0.3 is 10.6 Å². The number of fused-ring (bicyclic) bond motifs is 1. The number of hydrogen-bond acceptors (Lipinski definition) is 2. The lowest BCUT2D eigenvalue weighted by atomic mass is 9.99. The zero-order valence-electron chi connectivity index (χ0n) is 11.2. The lowest BCUT2D eigenvalue weighted by Crippen LogP contribution is -2.33. The Morgan fingerprint density at radius 1 is 1.16 bits per heavy atom. The molecule has 3 heteroatoms. The van der Waals surface area contributed by atoms with Crippen molar-refractivity contribution in [2.75, 3.05) is 13.1 Å². The average Bonchev–Trinajstić information content (AvgIpc) is 2.91. The summed E-state index contributed by atoms with van der Waals surface area (Å²) >= 11 is 0. The molecule has 1 heterocycles. The second-order valence-electron chi connectivity index (χ2n) is 5.15. The second-order valence-corrected chi connectivity index (χ2v) is 5.15. The summed E-state index contributed by atoms with van der Waals surface area (Å²) in [5, 5.41) is 9.82. The van der Waals surface area contributed by atoms with Gasteiger partial charge in [0.1, 0.15) is 0 Å². The second kappa shape index (κ2) is 6.38. The first-order valence-electron chi connectivity index (χ1n) is 6.79. The smallest absolute Gasteiger partial charge is 0.0301 e. The zero-order valence-corrected chi connectivity index (χ0v) is 12.0. The van der Waals surface area contributed by atoms with E-state index in [1.54, 1.807) is 0 Å². The average molecular weight is 277 g/mol. The third-order valence-corrected chi connectivity index (χ3v) is 3.84. The van der Waals surface area contributed by atoms with E-state index < -0.39 is 0 Å². The molecule has 2 nitrogen and oxygen atoms in total. The Bertz CT molecular complexity index is 530. The maximum Gasteiger partial charge on any atom is 0.0301 e. The summed E-state index contributed by atoms with van der Waals surface area (Å²) in [5.74, 6) is 0. The van der Waals surface area contributed by atoms with Gasteiger partial charge in [0.15, 0.2) is 0 Å². The van der Waals surface area contributed by atoms with Crippen LogP contribution in [-0.2, 0) is 0 Å². The first-order valence-corrected chi connectivity index (χ1v) is 6.79. The van der Waals surface area contributed by atoms with Gasteiger partial charge in [0.2, 0.25) is 0 Å². The van der Waals surface area contributed by atoms with Crippen LogP contribution in [0.25, 0.3) is 10.8 Å². The van der Waals surface area contributed by atoms with Crippen LogP contribution >= 0.6 is 12.4 Å². The number of halogens is 1. The van der Waals surface area contributed by atoms with Gasteiger partial charge in [-0.3, -0.25) is 0 Å². The molecule has 0 aromatic heterocycles. The van der Waals surface area contributed by atoms with Crippen LogP contribution in [0.2, 0.25) is 0 Å². The highest BCUT2D eigenvalue weighted by atomic mass is 35.5. The number of rotatable bonds is 3. The summed E-state index contributed by atoms with van der Waals surface area (Å²) in [6.45, 7) is 4.50. The number of nitrogens with one attached hydrogen (secondary N) is 2. The standard InChI is InChI=1S/C16H20N2.ClH/c1-12(18-14-9-10-17-11-14)15-8-4-6-13-5-2-3-7-16(13)15;/h2-8,12,14,17-18H,9-11H2,1H3;1H/t12-,14?;/m1./s1. The molecule has 0 radical (unpaired) electrons. The molecule has 2 N–H and O–H groups in total. The minimum absolute atomic E-state index is 0. The van der Waals surface area contributed by atoms with Crippen molar-refractivity contribution in [3.63, 3.8) is 0 Å². The third kappa shape index (κ3) is 3.08. The predicted octanol–water partition coefficient (Wildman–Crippen LogP) is 3.27. The van der Waals surface area contributed by atoms with Crippen LogP contribution in [0, 0.1) is 0 Å². The fourth-order valence-corrected chi connectivity index (χ4v) is 2.87. The molecular formula is C16H21ClN2. The highest BCUT2D eigenvalue weighted by molar-refractivity contribution is 5.86. The SMILES string of the molecule is C[C@@H](NC1CCNC1)c1cccc2ccccc12.Cl. The van der Waals surface area contributed by atoms with Crippen molar-refractivity contribution in [2.45, 2.75) is 25.4 Å². The normalized spacial score (nSPS) is 20.2. The van der Waals surface area contributed by atoms with Crippen LogP contribution in [0.15, 0.2) is 42.5 Å². The molecule has 0 spiro atoms. The molecule has 1 fully saturated rings. The molecule has 0 aliphatic carbocycles. The molecule has 0 amide bonds. The Morgan fingerprint density at radius 3 is 2.74 bits per heavy atom. The van der Waals surface area contributed by atoms with Crippen LogP contribution in [0.1, 0.15) is 24.9 Å². The van der Waals surface area contributed by atoms with Crippen LogP contribution in [0.3, 0.4) is 0 Å². The van der Waals surface area contributed by atoms with Gasteiger partial charge in [-0.1, -0.05) is 42.5 Å². The van der Waals surface area contributed by atoms with Crippen LogP contribution < -0.4 is 10.6 Å². The van der Waals surface area contributed by atoms with Crippen molar-refractivity contribution in [3.8, 4) is 0 Å². The van der Waals surface area contributed by atoms with E-state index in [-0.39, 0.29) is 12.4 Å². The molecule has 3 rings (SSSR count). The molecule has 19 heavy (non-hydrogen) atoms. The van der Waals surface area contributed by atoms with Gasteiger partial charge in [0, 0.05) is 18.6 Å². The van der Waals surface area contributed by atoms with Crippen LogP contribution in [-0.4, -0.2) is 19.1 Å². The largest absolute Gasteiger partial charge is 0.315 e. The summed E-state index contributed by atoms with van der Waals surface area (Å²) in [7, 11) is 0. The third-order valence-electron chi connectivity index (χ3n) is 3.84. The fourth-order valence-electron chi connectivity index (χ4n) is 2.87. The Kier molecular flexibility index (Phi) is 4.81. The summed E-state index contributed by atoms with van der Waals surface area (Å²) in [6.07, 6.45) is 1.23. The Balaban J connectivity index is 0.00000133. The van der Waals surface area contributed by atoms with E-state index in [1.807, 2.05) is 0 Å². The molecule has 2 aromatic carbocycles. The Morgan fingerprint density at radius 2 is 1.95 bits per heavy atom. The fraction of sp³-hybridized carbons (Fsp3) is 0.375. The molecule has 1 aliphatic heterocycles. The van der Waals surface area contributed by atoms with Gasteiger partial charge in [-0.05, 0) is 36.2 Å². The van der Waals surface area contributed by atoms with E-state index in [9.17, 15) is 0 Å². The maximum atomic E-state index is 3.72. The minimum atomic E-state index is 0. The van der Waals surface area contributed by atoms with Crippen molar-refractivity contribution in [1.82, 2.24) is 10.6 Å². The van der Waals surface area contributed by atoms with Gasteiger partial charge >= 0.3 is 0 Å². The van der Waals surface area contributed by atoms with Gasteiger partial charge in [-0.25, -0.2) is 0 Å². The molecule has 1 aliphatic rings. The first kappa shape index (κ1) is 14.3. The summed E-state index contributed by atoms with van der Waals surface area (Å²) < 4.78 is 0. The number of hydrogen-bond donors (Lipinski definition) is 2. The van der Waals surface area contributed by atoms with E-state index >= 15 is 0 Å². The van der Waals surface area contributed by atoms with E-state index in [1.165, 1.54) is 22.8 Å². The summed E-state index contributed by atoms with van der Waals surface area (Å²) in [5.41, 5.74) is 1.40. The molecule has 102 valence electrons. The minimum Gasteiger partial charge on any atom is -0.315 e. The van der Waals surface area contributed by atoms with Crippen molar-refractivity contribution in [1.29, 1.82) is 0 Å². The monoisotopic (exact) mass is 276 g/mol. The van der Waals surface area contributed by atoms with Gasteiger partial charge in [0.05, 0.1) is 0 Å². The molecule has 1 saturated heterocycles. The molecule has 0 bridgehead atoms. The van der Waals surface area contributed by atoms with Crippen LogP contribution in [0.4, 0.5) is 0 Å². The highest BCUT2D eigenvalue weighted by Crippen LogP contribution is 2.24. The molecule has 2 aromatic rings. The summed E-state index contributed by atoms with van der Waals surface area (Å²) in [4.78, 5) is 0. The molecular weight excluding hydrogens is 256 g/mol. The van der Waals surface area contributed by atoms with E-state index in [0.717, 1.165) is 13.1 Å². The lowest BCUT2D eigenvalue weighted by Gasteiger charge is -2.20. The topological polar surface area (TPSA) is 24.1 Å². The van der Waals surface area contributed by atoms with E-state index in [0.29, 0.717) is 12.1 Å². The van der Waals surface area contributed by atoms with Crippen molar-refractivity contribution < 1.29 is 0 Å². The van der Waals surface area contributed by atoms with Crippen LogP contribution in [0.5, 0.6) is 0 Å². The zero-order chi connectivity index (χ0) is 12.4. The quantitative estimate of drug-likeness (QED) is 0.899.